The summed E-state index contributed by atoms with van der Waals surface area (Å²) < 4.78 is 35.1. The maximum absolute atomic E-state index is 14.2. The lowest BCUT2D eigenvalue weighted by atomic mass is 10.1. The fourth-order valence-corrected chi connectivity index (χ4v) is 6.52. The van der Waals surface area contributed by atoms with Crippen LogP contribution >= 0.6 is 35.0 Å². The molecular formula is C31H37Cl2N3O5S2. The van der Waals surface area contributed by atoms with Crippen molar-refractivity contribution >= 4 is 62.5 Å². The number of benzene rings is 3. The molecule has 3 aromatic carbocycles. The average Bonchev–Trinajstić information content (AvgIpc) is 2.94. The van der Waals surface area contributed by atoms with Crippen LogP contribution in [0, 0.1) is 0 Å². The molecule has 3 rings (SSSR count). The summed E-state index contributed by atoms with van der Waals surface area (Å²) in [5, 5.41) is 3.63. The molecule has 43 heavy (non-hydrogen) atoms. The number of carbonyl (C=O) groups is 2. The van der Waals surface area contributed by atoms with Crippen LogP contribution in [0.2, 0.25) is 10.0 Å². The molecule has 2 amide bonds. The van der Waals surface area contributed by atoms with Crippen LogP contribution in [-0.2, 0) is 26.2 Å². The highest BCUT2D eigenvalue weighted by molar-refractivity contribution is 7.98. The summed E-state index contributed by atoms with van der Waals surface area (Å²) in [6.07, 6.45) is 1.89. The standard InChI is InChI=1S/C31H37Cl2N3O5S2/c1-7-41-28-11-9-8-10-27(28)36(43(39,40)25-16-14-24(42-6)15-17-25)20-29(37)35(21(2)30(38)34-31(3,4)5)19-22-12-13-23(32)18-26(22)33/h8-18,21H,7,19-20H2,1-6H3,(H,34,38)/t21-/m0/s1. The number of rotatable bonds is 12. The van der Waals surface area contributed by atoms with E-state index in [2.05, 4.69) is 5.32 Å². The third-order valence-corrected chi connectivity index (χ3v) is 9.49. The molecule has 12 heteroatoms. The third-order valence-electron chi connectivity index (χ3n) is 6.38. The van der Waals surface area contributed by atoms with Gasteiger partial charge in [-0.3, -0.25) is 13.9 Å². The van der Waals surface area contributed by atoms with Crippen molar-refractivity contribution in [3.8, 4) is 5.75 Å². The van der Waals surface area contributed by atoms with Gasteiger partial charge in [0.2, 0.25) is 11.8 Å². The second-order valence-electron chi connectivity index (χ2n) is 10.8. The van der Waals surface area contributed by atoms with Crippen LogP contribution < -0.4 is 14.4 Å². The molecule has 0 fully saturated rings. The van der Waals surface area contributed by atoms with E-state index in [-0.39, 0.29) is 23.7 Å². The van der Waals surface area contributed by atoms with E-state index in [0.717, 1.165) is 9.20 Å². The predicted octanol–water partition coefficient (Wildman–Crippen LogP) is 6.64. The van der Waals surface area contributed by atoms with Crippen molar-refractivity contribution in [1.82, 2.24) is 10.2 Å². The van der Waals surface area contributed by atoms with Crippen molar-refractivity contribution in [1.29, 1.82) is 0 Å². The number of nitrogens with one attached hydrogen (secondary N) is 1. The van der Waals surface area contributed by atoms with Crippen LogP contribution in [0.5, 0.6) is 5.75 Å². The Bertz CT molecular complexity index is 1540. The van der Waals surface area contributed by atoms with Crippen LogP contribution in [0.3, 0.4) is 0 Å². The topological polar surface area (TPSA) is 96.0 Å². The minimum absolute atomic E-state index is 0.00946. The number of nitrogens with zero attached hydrogens (tertiary/aromatic N) is 2. The SMILES string of the molecule is CCOc1ccccc1N(CC(=O)N(Cc1ccc(Cl)cc1Cl)[C@@H](C)C(=O)NC(C)(C)C)S(=O)(=O)c1ccc(SC)cc1. The first-order valence-corrected chi connectivity index (χ1v) is 17.0. The third kappa shape index (κ3) is 9.04. The molecule has 1 N–H and O–H groups in total. The monoisotopic (exact) mass is 665 g/mol. The highest BCUT2D eigenvalue weighted by atomic mass is 35.5. The van der Waals surface area contributed by atoms with E-state index >= 15 is 0 Å². The Morgan fingerprint density at radius 3 is 2.26 bits per heavy atom. The molecule has 3 aromatic rings. The molecule has 0 unspecified atom stereocenters. The van der Waals surface area contributed by atoms with Gasteiger partial charge < -0.3 is 15.0 Å². The van der Waals surface area contributed by atoms with Crippen LogP contribution in [0.15, 0.2) is 76.5 Å². The lowest BCUT2D eigenvalue weighted by Gasteiger charge is -2.34. The maximum atomic E-state index is 14.2. The molecule has 8 nitrogen and oxygen atoms in total. The largest absolute Gasteiger partial charge is 0.492 e. The second-order valence-corrected chi connectivity index (χ2v) is 14.3. The van der Waals surface area contributed by atoms with Crippen LogP contribution in [0.25, 0.3) is 0 Å². The summed E-state index contributed by atoms with van der Waals surface area (Å²) >= 11 is 14.0. The molecule has 0 saturated heterocycles. The minimum Gasteiger partial charge on any atom is -0.492 e. The molecule has 1 atom stereocenters. The fraction of sp³-hybridized carbons (Fsp3) is 0.355. The van der Waals surface area contributed by atoms with Crippen LogP contribution in [0.4, 0.5) is 5.69 Å². The summed E-state index contributed by atoms with van der Waals surface area (Å²) in [4.78, 5) is 29.7. The van der Waals surface area contributed by atoms with Crippen molar-refractivity contribution in [3.63, 3.8) is 0 Å². The second kappa shape index (κ2) is 14.7. The van der Waals surface area contributed by atoms with E-state index in [1.807, 2.05) is 27.0 Å². The molecule has 0 heterocycles. The Morgan fingerprint density at radius 1 is 1.02 bits per heavy atom. The number of amides is 2. The quantitative estimate of drug-likeness (QED) is 0.218. The molecule has 232 valence electrons. The summed E-state index contributed by atoms with van der Waals surface area (Å²) in [5.74, 6) is -0.714. The number of ether oxygens (including phenoxy) is 1. The lowest BCUT2D eigenvalue weighted by molar-refractivity contribution is -0.140. The Balaban J connectivity index is 2.11. The van der Waals surface area contributed by atoms with Gasteiger partial charge in [-0.2, -0.15) is 0 Å². The zero-order chi connectivity index (χ0) is 31.9. The smallest absolute Gasteiger partial charge is 0.264 e. The summed E-state index contributed by atoms with van der Waals surface area (Å²) in [6.45, 7) is 8.51. The van der Waals surface area contributed by atoms with Crippen molar-refractivity contribution in [3.05, 3.63) is 82.3 Å². The highest BCUT2D eigenvalue weighted by Crippen LogP contribution is 2.33. The zero-order valence-corrected chi connectivity index (χ0v) is 28.2. The molecule has 0 aliphatic heterocycles. The first-order valence-electron chi connectivity index (χ1n) is 13.6. The molecule has 0 aliphatic carbocycles. The van der Waals surface area contributed by atoms with E-state index in [9.17, 15) is 18.0 Å². The van der Waals surface area contributed by atoms with Gasteiger partial charge in [0.25, 0.3) is 10.0 Å². The van der Waals surface area contributed by atoms with E-state index in [4.69, 9.17) is 27.9 Å². The summed E-state index contributed by atoms with van der Waals surface area (Å²) in [6, 6.07) is 17.0. The number of hydrogen-bond acceptors (Lipinski definition) is 6. The van der Waals surface area contributed by atoms with E-state index < -0.39 is 40.0 Å². The number of carbonyl (C=O) groups excluding carboxylic acids is 2. The number of anilines is 1. The van der Waals surface area contributed by atoms with Crippen molar-refractivity contribution in [2.75, 3.05) is 23.7 Å². The first-order chi connectivity index (χ1) is 20.2. The number of sulfonamides is 1. The van der Waals surface area contributed by atoms with Gasteiger partial charge in [-0.15, -0.1) is 11.8 Å². The average molecular weight is 667 g/mol. The van der Waals surface area contributed by atoms with Gasteiger partial charge in [-0.1, -0.05) is 41.4 Å². The van der Waals surface area contributed by atoms with E-state index in [0.29, 0.717) is 21.4 Å². The normalized spacial score (nSPS) is 12.4. The van der Waals surface area contributed by atoms with Crippen LogP contribution in [-0.4, -0.2) is 56.1 Å². The minimum atomic E-state index is -4.26. The van der Waals surface area contributed by atoms with Gasteiger partial charge in [0.05, 0.1) is 17.2 Å². The summed E-state index contributed by atoms with van der Waals surface area (Å²) in [7, 11) is -4.26. The Morgan fingerprint density at radius 2 is 1.67 bits per heavy atom. The van der Waals surface area contributed by atoms with Gasteiger partial charge in [0.1, 0.15) is 18.3 Å². The van der Waals surface area contributed by atoms with Crippen molar-refractivity contribution in [2.45, 2.75) is 62.5 Å². The molecule has 0 radical (unpaired) electrons. The Labute approximate surface area is 268 Å². The first kappa shape index (κ1) is 34.6. The van der Waals surface area contributed by atoms with Crippen molar-refractivity contribution < 1.29 is 22.7 Å². The van der Waals surface area contributed by atoms with Crippen LogP contribution in [0.1, 0.15) is 40.2 Å². The number of hydrogen-bond donors (Lipinski definition) is 1. The fourth-order valence-electron chi connectivity index (χ4n) is 4.22. The molecule has 0 aromatic heterocycles. The van der Waals surface area contributed by atoms with Gasteiger partial charge in [0.15, 0.2) is 0 Å². The lowest BCUT2D eigenvalue weighted by Crippen LogP contribution is -2.54. The Hall–Kier alpha value is -2.92. The predicted molar refractivity (Wildman–Crippen MR) is 175 cm³/mol. The molecule has 0 bridgehead atoms. The zero-order valence-electron chi connectivity index (χ0n) is 25.1. The van der Waals surface area contributed by atoms with Gasteiger partial charge in [0, 0.05) is 27.0 Å². The maximum Gasteiger partial charge on any atom is 0.264 e. The molecule has 0 saturated carbocycles. The molecule has 0 aliphatic rings. The van der Waals surface area contributed by atoms with Crippen molar-refractivity contribution in [2.24, 2.45) is 0 Å². The van der Waals surface area contributed by atoms with E-state index in [1.54, 1.807) is 68.4 Å². The Kier molecular flexibility index (Phi) is 11.8. The number of para-hydroxylation sites is 2. The molecule has 0 spiro atoms. The van der Waals surface area contributed by atoms with Gasteiger partial charge in [-0.05, 0) is 95.0 Å². The highest BCUT2D eigenvalue weighted by Gasteiger charge is 2.34. The molecular weight excluding hydrogens is 629 g/mol. The number of thioether (sulfide) groups is 1. The number of halogens is 2. The van der Waals surface area contributed by atoms with Gasteiger partial charge >= 0.3 is 0 Å². The summed E-state index contributed by atoms with van der Waals surface area (Å²) in [5.41, 5.74) is 0.182. The van der Waals surface area contributed by atoms with Gasteiger partial charge in [-0.25, -0.2) is 8.42 Å². The van der Waals surface area contributed by atoms with E-state index in [1.165, 1.54) is 28.8 Å².